The third kappa shape index (κ3) is 2.48. The van der Waals surface area contributed by atoms with E-state index < -0.39 is 5.79 Å². The van der Waals surface area contributed by atoms with Crippen LogP contribution in [-0.2, 0) is 15.3 Å². The van der Waals surface area contributed by atoms with Crippen LogP contribution in [0.25, 0.3) is 0 Å². The molecule has 0 aliphatic carbocycles. The van der Waals surface area contributed by atoms with Gasteiger partial charge in [-0.15, -0.1) is 0 Å². The van der Waals surface area contributed by atoms with E-state index in [2.05, 4.69) is 0 Å². The molecule has 0 aromatic heterocycles. The minimum absolute atomic E-state index is 0.336. The van der Waals surface area contributed by atoms with Gasteiger partial charge in [-0.3, -0.25) is 0 Å². The Morgan fingerprint density at radius 3 is 2.72 bits per heavy atom. The van der Waals surface area contributed by atoms with Crippen LogP contribution in [0.1, 0.15) is 18.4 Å². The number of hydrogen-bond donors (Lipinski definition) is 1. The van der Waals surface area contributed by atoms with Crippen molar-refractivity contribution in [1.29, 1.82) is 0 Å². The molecule has 0 radical (unpaired) electrons. The van der Waals surface area contributed by atoms with Gasteiger partial charge in [0.15, 0.2) is 5.79 Å². The topological polar surface area (TPSA) is 53.7 Å². The Balaban J connectivity index is 2.38. The maximum atomic E-state index is 13.4. The van der Waals surface area contributed by atoms with Crippen LogP contribution < -0.4 is 10.5 Å². The predicted octanol–water partition coefficient (Wildman–Crippen LogP) is 1.77. The molecule has 100 valence electrons. The van der Waals surface area contributed by atoms with Crippen LogP contribution in [0.15, 0.2) is 18.2 Å². The van der Waals surface area contributed by atoms with E-state index in [-0.39, 0.29) is 5.82 Å². The van der Waals surface area contributed by atoms with E-state index in [4.69, 9.17) is 19.9 Å². The normalized spacial score (nSPS) is 17.9. The fourth-order valence-electron chi connectivity index (χ4n) is 2.20. The van der Waals surface area contributed by atoms with E-state index in [0.717, 1.165) is 6.42 Å². The van der Waals surface area contributed by atoms with Gasteiger partial charge in [0.1, 0.15) is 11.6 Å². The molecule has 0 unspecified atom stereocenters. The minimum atomic E-state index is -0.924. The number of benzene rings is 1. The van der Waals surface area contributed by atoms with Crippen molar-refractivity contribution in [2.45, 2.75) is 18.6 Å². The SMILES string of the molecule is COc1ccc(F)cc1C1(CCCN)OCCO1. The van der Waals surface area contributed by atoms with Gasteiger partial charge in [0, 0.05) is 6.42 Å². The van der Waals surface area contributed by atoms with Crippen LogP contribution in [0.4, 0.5) is 4.39 Å². The fourth-order valence-corrected chi connectivity index (χ4v) is 2.20. The standard InChI is InChI=1S/C13H18FNO3/c1-16-12-4-3-10(14)9-11(12)13(5-2-6-15)17-7-8-18-13/h3-4,9H,2,5-8,15H2,1H3. The van der Waals surface area contributed by atoms with Crippen LogP contribution in [0.3, 0.4) is 0 Å². The van der Waals surface area contributed by atoms with Gasteiger partial charge >= 0.3 is 0 Å². The number of hydrogen-bond acceptors (Lipinski definition) is 4. The van der Waals surface area contributed by atoms with Crippen LogP contribution >= 0.6 is 0 Å². The summed E-state index contributed by atoms with van der Waals surface area (Å²) in [7, 11) is 1.54. The smallest absolute Gasteiger partial charge is 0.198 e. The van der Waals surface area contributed by atoms with Crippen molar-refractivity contribution in [3.8, 4) is 5.75 Å². The van der Waals surface area contributed by atoms with Crippen molar-refractivity contribution < 1.29 is 18.6 Å². The predicted molar refractivity (Wildman–Crippen MR) is 64.8 cm³/mol. The summed E-state index contributed by atoms with van der Waals surface area (Å²) in [4.78, 5) is 0. The Bertz CT molecular complexity index is 405. The van der Waals surface area contributed by atoms with Gasteiger partial charge in [-0.25, -0.2) is 4.39 Å². The first kappa shape index (κ1) is 13.3. The van der Waals surface area contributed by atoms with Gasteiger partial charge in [-0.2, -0.15) is 0 Å². The molecule has 2 N–H and O–H groups in total. The van der Waals surface area contributed by atoms with Gasteiger partial charge in [0.2, 0.25) is 0 Å². The first-order valence-electron chi connectivity index (χ1n) is 6.04. The van der Waals surface area contributed by atoms with Crippen molar-refractivity contribution in [1.82, 2.24) is 0 Å². The summed E-state index contributed by atoms with van der Waals surface area (Å²) in [5, 5.41) is 0. The minimum Gasteiger partial charge on any atom is -0.496 e. The maximum absolute atomic E-state index is 13.4. The van der Waals surface area contributed by atoms with E-state index in [1.54, 1.807) is 13.2 Å². The van der Waals surface area contributed by atoms with Gasteiger partial charge in [-0.1, -0.05) is 0 Å². The molecular formula is C13H18FNO3. The second kappa shape index (κ2) is 5.65. The lowest BCUT2D eigenvalue weighted by Gasteiger charge is -2.29. The molecule has 0 bridgehead atoms. The molecule has 1 heterocycles. The van der Waals surface area contributed by atoms with Crippen molar-refractivity contribution in [2.24, 2.45) is 5.73 Å². The second-order valence-corrected chi connectivity index (χ2v) is 4.19. The summed E-state index contributed by atoms with van der Waals surface area (Å²) in [5.41, 5.74) is 6.12. The molecule has 0 spiro atoms. The fraction of sp³-hybridized carbons (Fsp3) is 0.538. The largest absolute Gasteiger partial charge is 0.496 e. The first-order chi connectivity index (χ1) is 8.72. The number of ether oxygens (including phenoxy) is 3. The Kier molecular flexibility index (Phi) is 4.16. The third-order valence-corrected chi connectivity index (χ3v) is 3.04. The number of halogens is 1. The van der Waals surface area contributed by atoms with Crippen LogP contribution in [-0.4, -0.2) is 26.9 Å². The molecule has 5 heteroatoms. The zero-order valence-corrected chi connectivity index (χ0v) is 10.4. The third-order valence-electron chi connectivity index (χ3n) is 3.04. The Morgan fingerprint density at radius 1 is 1.39 bits per heavy atom. The van der Waals surface area contributed by atoms with Gasteiger partial charge in [-0.05, 0) is 31.2 Å². The van der Waals surface area contributed by atoms with Crippen molar-refractivity contribution in [2.75, 3.05) is 26.9 Å². The lowest BCUT2D eigenvalue weighted by Crippen LogP contribution is -2.29. The van der Waals surface area contributed by atoms with E-state index >= 15 is 0 Å². The summed E-state index contributed by atoms with van der Waals surface area (Å²) in [6, 6.07) is 4.34. The van der Waals surface area contributed by atoms with Crippen LogP contribution in [0.2, 0.25) is 0 Å². The molecule has 0 saturated carbocycles. The zero-order chi connectivity index (χ0) is 13.0. The Hall–Kier alpha value is -1.17. The molecule has 0 atom stereocenters. The van der Waals surface area contributed by atoms with Crippen molar-refractivity contribution >= 4 is 0 Å². The monoisotopic (exact) mass is 255 g/mol. The van der Waals surface area contributed by atoms with E-state index in [1.807, 2.05) is 0 Å². The summed E-state index contributed by atoms with van der Waals surface area (Å²) < 4.78 is 30.1. The lowest BCUT2D eigenvalue weighted by molar-refractivity contribution is -0.172. The van der Waals surface area contributed by atoms with Gasteiger partial charge in [0.25, 0.3) is 0 Å². The molecule has 1 saturated heterocycles. The van der Waals surface area contributed by atoms with Crippen LogP contribution in [0, 0.1) is 5.82 Å². The molecule has 4 nitrogen and oxygen atoms in total. The lowest BCUT2D eigenvalue weighted by atomic mass is 9.99. The Labute approximate surface area is 106 Å². The molecule has 2 rings (SSSR count). The quantitative estimate of drug-likeness (QED) is 0.871. The maximum Gasteiger partial charge on any atom is 0.198 e. The van der Waals surface area contributed by atoms with E-state index in [9.17, 15) is 4.39 Å². The number of methoxy groups -OCH3 is 1. The average molecular weight is 255 g/mol. The molecule has 0 amide bonds. The zero-order valence-electron chi connectivity index (χ0n) is 10.4. The summed E-state index contributed by atoms with van der Waals surface area (Å²) in [6.07, 6.45) is 1.32. The van der Waals surface area contributed by atoms with Crippen LogP contribution in [0.5, 0.6) is 5.75 Å². The highest BCUT2D eigenvalue weighted by Gasteiger charge is 2.40. The molecule has 1 aromatic rings. The molecule has 18 heavy (non-hydrogen) atoms. The van der Waals surface area contributed by atoms with Crippen molar-refractivity contribution in [3.63, 3.8) is 0 Å². The van der Waals surface area contributed by atoms with Gasteiger partial charge in [0.05, 0.1) is 25.9 Å². The van der Waals surface area contributed by atoms with E-state index in [1.165, 1.54) is 12.1 Å². The summed E-state index contributed by atoms with van der Waals surface area (Å²) in [6.45, 7) is 1.51. The molecule has 1 aromatic carbocycles. The van der Waals surface area contributed by atoms with E-state index in [0.29, 0.717) is 37.5 Å². The highest BCUT2D eigenvalue weighted by Crippen LogP contribution is 2.40. The van der Waals surface area contributed by atoms with Gasteiger partial charge < -0.3 is 19.9 Å². The molecule has 1 aliphatic heterocycles. The molecule has 1 fully saturated rings. The number of rotatable bonds is 5. The average Bonchev–Trinajstić information content (AvgIpc) is 2.86. The highest BCUT2D eigenvalue weighted by atomic mass is 19.1. The molecular weight excluding hydrogens is 237 g/mol. The molecule has 1 aliphatic rings. The first-order valence-corrected chi connectivity index (χ1v) is 6.04. The number of nitrogens with two attached hydrogens (primary N) is 1. The highest BCUT2D eigenvalue weighted by molar-refractivity contribution is 5.37. The van der Waals surface area contributed by atoms with Crippen molar-refractivity contribution in [3.05, 3.63) is 29.6 Å². The summed E-state index contributed by atoms with van der Waals surface area (Å²) >= 11 is 0. The Morgan fingerprint density at radius 2 is 2.11 bits per heavy atom. The second-order valence-electron chi connectivity index (χ2n) is 4.19. The summed E-state index contributed by atoms with van der Waals surface area (Å²) in [5.74, 6) is -0.695.